The van der Waals surface area contributed by atoms with E-state index in [-0.39, 0.29) is 17.6 Å². The Kier molecular flexibility index (Phi) is 3.22. The van der Waals surface area contributed by atoms with Crippen LogP contribution in [0.15, 0.2) is 53.5 Å². The van der Waals surface area contributed by atoms with Gasteiger partial charge in [-0.2, -0.15) is 4.31 Å². The van der Waals surface area contributed by atoms with Crippen LogP contribution in [-0.2, 0) is 14.8 Å². The molecule has 3 aliphatic heterocycles. The summed E-state index contributed by atoms with van der Waals surface area (Å²) < 4.78 is 34.5. The molecular weight excluding hydrogens is 322 g/mol. The number of hydrogen-bond acceptors (Lipinski definition) is 3. The minimum atomic E-state index is -3.61. The molecule has 2 bridgehead atoms. The zero-order valence-electron chi connectivity index (χ0n) is 14.3. The third kappa shape index (κ3) is 2.15. The van der Waals surface area contributed by atoms with E-state index >= 15 is 0 Å². The standard InChI is InChI=1S/C19H23NO3S/c1-13-5-7-15(8-6-13)24(21,22)20-12-18(3,4)11-19-10-9-16(23-19)14(2)17(19)20/h5-10,16-17H,2,11-12H2,1,3-4H3/t16-,17-,19-/m0/s1. The molecule has 3 atom stereocenters. The van der Waals surface area contributed by atoms with Crippen molar-refractivity contribution in [2.75, 3.05) is 6.54 Å². The minimum Gasteiger partial charge on any atom is -0.357 e. The van der Waals surface area contributed by atoms with Gasteiger partial charge in [0.1, 0.15) is 5.60 Å². The summed E-state index contributed by atoms with van der Waals surface area (Å²) in [6, 6.07) is 6.73. The van der Waals surface area contributed by atoms with Crippen molar-refractivity contribution in [2.24, 2.45) is 5.41 Å². The Bertz CT molecular complexity index is 838. The number of ether oxygens (including phenoxy) is 1. The molecule has 24 heavy (non-hydrogen) atoms. The quantitative estimate of drug-likeness (QED) is 0.774. The van der Waals surface area contributed by atoms with Crippen LogP contribution in [0.1, 0.15) is 25.8 Å². The highest BCUT2D eigenvalue weighted by atomic mass is 32.2. The fourth-order valence-corrected chi connectivity index (χ4v) is 6.26. The molecule has 0 radical (unpaired) electrons. The molecule has 5 heteroatoms. The lowest BCUT2D eigenvalue weighted by atomic mass is 9.71. The largest absolute Gasteiger partial charge is 0.357 e. The molecule has 0 aliphatic carbocycles. The summed E-state index contributed by atoms with van der Waals surface area (Å²) in [4.78, 5) is 0.334. The van der Waals surface area contributed by atoms with Crippen LogP contribution in [0.2, 0.25) is 0 Å². The summed E-state index contributed by atoms with van der Waals surface area (Å²) in [6.45, 7) is 10.8. The van der Waals surface area contributed by atoms with Crippen molar-refractivity contribution in [3.05, 3.63) is 54.1 Å². The van der Waals surface area contributed by atoms with Gasteiger partial charge in [-0.3, -0.25) is 0 Å². The van der Waals surface area contributed by atoms with E-state index in [9.17, 15) is 8.42 Å². The number of aryl methyl sites for hydroxylation is 1. The number of benzene rings is 1. The first-order valence-corrected chi connectivity index (χ1v) is 9.73. The molecule has 0 aromatic heterocycles. The number of rotatable bonds is 2. The average molecular weight is 345 g/mol. The highest BCUT2D eigenvalue weighted by Crippen LogP contribution is 2.54. The molecule has 3 aliphatic rings. The molecule has 0 unspecified atom stereocenters. The first kappa shape index (κ1) is 16.1. The number of fused-ring (bicyclic) bond motifs is 1. The monoisotopic (exact) mass is 345 g/mol. The van der Waals surface area contributed by atoms with E-state index < -0.39 is 15.6 Å². The second-order valence-corrected chi connectivity index (χ2v) is 9.92. The Morgan fingerprint density at radius 3 is 2.58 bits per heavy atom. The SMILES string of the molecule is C=C1[C@@H]2C=C[C@@]3(CC(C)(C)CN(S(=O)(=O)c4ccc(C)cc4)[C@@H]13)O2. The number of hydrogen-bond donors (Lipinski definition) is 0. The van der Waals surface area contributed by atoms with Crippen LogP contribution in [0.3, 0.4) is 0 Å². The predicted octanol–water partition coefficient (Wildman–Crippen LogP) is 3.05. The fourth-order valence-electron chi connectivity index (χ4n) is 4.40. The molecular formula is C19H23NO3S. The molecule has 3 heterocycles. The van der Waals surface area contributed by atoms with Gasteiger partial charge in [0, 0.05) is 6.54 Å². The third-order valence-electron chi connectivity index (χ3n) is 5.33. The molecule has 128 valence electrons. The maximum atomic E-state index is 13.4. The lowest BCUT2D eigenvalue weighted by molar-refractivity contribution is -0.0536. The van der Waals surface area contributed by atoms with Crippen LogP contribution in [0.25, 0.3) is 0 Å². The second-order valence-electron chi connectivity index (χ2n) is 8.03. The molecule has 1 aromatic rings. The molecule has 4 nitrogen and oxygen atoms in total. The van der Waals surface area contributed by atoms with E-state index in [1.54, 1.807) is 16.4 Å². The van der Waals surface area contributed by atoms with Gasteiger partial charge in [0.25, 0.3) is 0 Å². The van der Waals surface area contributed by atoms with E-state index in [1.165, 1.54) is 0 Å². The summed E-state index contributed by atoms with van der Waals surface area (Å²) in [7, 11) is -3.61. The van der Waals surface area contributed by atoms with Crippen molar-refractivity contribution in [1.82, 2.24) is 4.31 Å². The molecule has 0 amide bonds. The summed E-state index contributed by atoms with van der Waals surface area (Å²) in [5.41, 5.74) is 1.16. The predicted molar refractivity (Wildman–Crippen MR) is 93.1 cm³/mol. The lowest BCUT2D eigenvalue weighted by Gasteiger charge is -2.49. The second kappa shape index (κ2) is 4.81. The smallest absolute Gasteiger partial charge is 0.243 e. The summed E-state index contributed by atoms with van der Waals surface area (Å²) in [5, 5.41) is 0. The normalized spacial score (nSPS) is 34.5. The highest BCUT2D eigenvalue weighted by Gasteiger charge is 2.62. The molecule has 2 fully saturated rings. The van der Waals surface area contributed by atoms with Gasteiger partial charge in [0.05, 0.1) is 17.0 Å². The Morgan fingerprint density at radius 2 is 1.92 bits per heavy atom. The Labute approximate surface area is 143 Å². The van der Waals surface area contributed by atoms with Crippen molar-refractivity contribution < 1.29 is 13.2 Å². The molecule has 1 spiro atoms. The first-order valence-electron chi connectivity index (χ1n) is 8.29. The van der Waals surface area contributed by atoms with Crippen LogP contribution >= 0.6 is 0 Å². The number of piperidine rings is 1. The summed E-state index contributed by atoms with van der Waals surface area (Å²) in [6.07, 6.45) is 4.70. The molecule has 1 aromatic carbocycles. The van der Waals surface area contributed by atoms with Gasteiger partial charge >= 0.3 is 0 Å². The van der Waals surface area contributed by atoms with Gasteiger partial charge in [-0.05, 0) is 36.5 Å². The molecule has 2 saturated heterocycles. The van der Waals surface area contributed by atoms with E-state index in [0.29, 0.717) is 11.4 Å². The van der Waals surface area contributed by atoms with Crippen molar-refractivity contribution in [3.8, 4) is 0 Å². The fraction of sp³-hybridized carbons (Fsp3) is 0.474. The van der Waals surface area contributed by atoms with E-state index in [0.717, 1.165) is 17.6 Å². The molecule has 4 rings (SSSR count). The highest BCUT2D eigenvalue weighted by molar-refractivity contribution is 7.89. The van der Waals surface area contributed by atoms with E-state index in [2.05, 4.69) is 26.5 Å². The van der Waals surface area contributed by atoms with Gasteiger partial charge in [-0.25, -0.2) is 8.42 Å². The van der Waals surface area contributed by atoms with Crippen LogP contribution in [0.5, 0.6) is 0 Å². The number of sulfonamides is 1. The summed E-state index contributed by atoms with van der Waals surface area (Å²) >= 11 is 0. The maximum Gasteiger partial charge on any atom is 0.243 e. The summed E-state index contributed by atoms with van der Waals surface area (Å²) in [5.74, 6) is 0. The average Bonchev–Trinajstić information content (AvgIpc) is 3.00. The Morgan fingerprint density at radius 1 is 1.25 bits per heavy atom. The first-order chi connectivity index (χ1) is 11.1. The van der Waals surface area contributed by atoms with Crippen molar-refractivity contribution >= 4 is 10.0 Å². The van der Waals surface area contributed by atoms with Crippen molar-refractivity contribution in [3.63, 3.8) is 0 Å². The van der Waals surface area contributed by atoms with Crippen molar-refractivity contribution in [2.45, 2.75) is 49.8 Å². The Balaban J connectivity index is 1.83. The van der Waals surface area contributed by atoms with Crippen LogP contribution in [0.4, 0.5) is 0 Å². The molecule has 0 saturated carbocycles. The maximum absolute atomic E-state index is 13.4. The van der Waals surface area contributed by atoms with E-state index in [1.807, 2.05) is 25.1 Å². The van der Waals surface area contributed by atoms with Gasteiger partial charge in [-0.15, -0.1) is 0 Å². The van der Waals surface area contributed by atoms with Gasteiger partial charge in [-0.1, -0.05) is 50.3 Å². The van der Waals surface area contributed by atoms with Crippen LogP contribution in [-0.4, -0.2) is 37.0 Å². The van der Waals surface area contributed by atoms with Gasteiger partial charge in [0.2, 0.25) is 10.0 Å². The molecule has 0 N–H and O–H groups in total. The van der Waals surface area contributed by atoms with Crippen LogP contribution < -0.4 is 0 Å². The van der Waals surface area contributed by atoms with Crippen molar-refractivity contribution in [1.29, 1.82) is 0 Å². The topological polar surface area (TPSA) is 46.6 Å². The zero-order chi connectivity index (χ0) is 17.3. The number of nitrogens with zero attached hydrogens (tertiary/aromatic N) is 1. The van der Waals surface area contributed by atoms with E-state index in [4.69, 9.17) is 4.74 Å². The third-order valence-corrected chi connectivity index (χ3v) is 7.16. The van der Waals surface area contributed by atoms with Gasteiger partial charge in [0.15, 0.2) is 0 Å². The minimum absolute atomic E-state index is 0.167. The van der Waals surface area contributed by atoms with Crippen LogP contribution in [0, 0.1) is 12.3 Å². The Hall–Kier alpha value is -1.43. The lowest BCUT2D eigenvalue weighted by Crippen LogP contribution is -2.60. The van der Waals surface area contributed by atoms with Gasteiger partial charge < -0.3 is 4.74 Å². The zero-order valence-corrected chi connectivity index (χ0v) is 15.1.